The van der Waals surface area contributed by atoms with Gasteiger partial charge in [0.1, 0.15) is 0 Å². The van der Waals surface area contributed by atoms with Crippen LogP contribution >= 0.6 is 12.2 Å². The predicted octanol–water partition coefficient (Wildman–Crippen LogP) is 3.33. The van der Waals surface area contributed by atoms with E-state index in [0.29, 0.717) is 0 Å². The van der Waals surface area contributed by atoms with Gasteiger partial charge in [-0.2, -0.15) is 0 Å². The van der Waals surface area contributed by atoms with Gasteiger partial charge < -0.3 is 15.0 Å². The summed E-state index contributed by atoms with van der Waals surface area (Å²) in [6.45, 7) is 7.56. The minimum Gasteiger partial charge on any atom is -0.379 e. The van der Waals surface area contributed by atoms with E-state index in [0.717, 1.165) is 70.4 Å². The molecule has 5 heteroatoms. The fourth-order valence-corrected chi connectivity index (χ4v) is 3.69. The summed E-state index contributed by atoms with van der Waals surface area (Å²) in [4.78, 5) is 4.78. The van der Waals surface area contributed by atoms with Crippen LogP contribution in [0, 0.1) is 0 Å². The highest BCUT2D eigenvalue weighted by molar-refractivity contribution is 7.80. The second-order valence-electron chi connectivity index (χ2n) is 7.18. The number of thiocarbonyl (C=S) groups is 1. The van der Waals surface area contributed by atoms with Gasteiger partial charge in [-0.3, -0.25) is 4.90 Å². The number of ether oxygens (including phenoxy) is 1. The van der Waals surface area contributed by atoms with Crippen molar-refractivity contribution in [2.45, 2.75) is 19.4 Å². The normalized spacial score (nSPS) is 14.6. The average molecular weight is 398 g/mol. The van der Waals surface area contributed by atoms with Crippen LogP contribution in [0.2, 0.25) is 0 Å². The van der Waals surface area contributed by atoms with Crippen molar-refractivity contribution in [3.63, 3.8) is 0 Å². The van der Waals surface area contributed by atoms with E-state index in [-0.39, 0.29) is 0 Å². The highest BCUT2D eigenvalue weighted by Gasteiger charge is 2.13. The lowest BCUT2D eigenvalue weighted by Gasteiger charge is -2.29. The van der Waals surface area contributed by atoms with Gasteiger partial charge in [0, 0.05) is 39.3 Å². The van der Waals surface area contributed by atoms with Crippen LogP contribution in [0.4, 0.5) is 0 Å². The number of nitrogens with one attached hydrogen (secondary N) is 1. The molecule has 0 spiro atoms. The third-order valence-corrected chi connectivity index (χ3v) is 5.44. The first-order valence-electron chi connectivity index (χ1n) is 10.2. The zero-order valence-electron chi connectivity index (χ0n) is 16.6. The third-order valence-electron chi connectivity index (χ3n) is 5.04. The molecule has 150 valence electrons. The first kappa shape index (κ1) is 20.8. The van der Waals surface area contributed by atoms with E-state index < -0.39 is 0 Å². The Morgan fingerprint density at radius 1 is 0.964 bits per heavy atom. The molecule has 0 unspecified atom stereocenters. The quantitative estimate of drug-likeness (QED) is 0.655. The van der Waals surface area contributed by atoms with Crippen molar-refractivity contribution in [3.05, 3.63) is 71.8 Å². The summed E-state index contributed by atoms with van der Waals surface area (Å²) in [7, 11) is 0. The molecule has 1 N–H and O–H groups in total. The van der Waals surface area contributed by atoms with Crippen LogP contribution < -0.4 is 5.32 Å². The number of rotatable bonds is 9. The largest absolute Gasteiger partial charge is 0.379 e. The molecule has 2 aromatic carbocycles. The van der Waals surface area contributed by atoms with Crippen LogP contribution in [0.1, 0.15) is 17.5 Å². The minimum atomic E-state index is 0.848. The molecule has 28 heavy (non-hydrogen) atoms. The van der Waals surface area contributed by atoms with Crippen molar-refractivity contribution >= 4 is 17.3 Å². The lowest BCUT2D eigenvalue weighted by molar-refractivity contribution is 0.0367. The first-order valence-corrected chi connectivity index (χ1v) is 10.6. The van der Waals surface area contributed by atoms with E-state index in [4.69, 9.17) is 17.0 Å². The molecule has 1 fully saturated rings. The van der Waals surface area contributed by atoms with E-state index in [1.54, 1.807) is 0 Å². The zero-order valence-corrected chi connectivity index (χ0v) is 17.4. The molecule has 0 aromatic heterocycles. The van der Waals surface area contributed by atoms with Gasteiger partial charge in [-0.1, -0.05) is 60.7 Å². The Morgan fingerprint density at radius 2 is 1.61 bits per heavy atom. The summed E-state index contributed by atoms with van der Waals surface area (Å²) in [5, 5.41) is 4.31. The van der Waals surface area contributed by atoms with E-state index in [2.05, 4.69) is 75.8 Å². The van der Waals surface area contributed by atoms with Crippen LogP contribution in [0.25, 0.3) is 0 Å². The van der Waals surface area contributed by atoms with Crippen molar-refractivity contribution in [1.29, 1.82) is 0 Å². The van der Waals surface area contributed by atoms with E-state index in [9.17, 15) is 0 Å². The molecule has 0 radical (unpaired) electrons. The van der Waals surface area contributed by atoms with Gasteiger partial charge in [0.15, 0.2) is 5.11 Å². The monoisotopic (exact) mass is 397 g/mol. The third kappa shape index (κ3) is 7.23. The average Bonchev–Trinajstić information content (AvgIpc) is 2.75. The molecule has 0 amide bonds. The van der Waals surface area contributed by atoms with Crippen molar-refractivity contribution in [2.24, 2.45) is 0 Å². The Balaban J connectivity index is 1.49. The van der Waals surface area contributed by atoms with Gasteiger partial charge >= 0.3 is 0 Å². The van der Waals surface area contributed by atoms with Crippen molar-refractivity contribution in [3.8, 4) is 0 Å². The number of morpholine rings is 1. The van der Waals surface area contributed by atoms with Crippen LogP contribution in [0.15, 0.2) is 60.7 Å². The second kappa shape index (κ2) is 11.8. The van der Waals surface area contributed by atoms with Gasteiger partial charge in [0.2, 0.25) is 0 Å². The van der Waals surface area contributed by atoms with Gasteiger partial charge in [-0.05, 0) is 36.2 Å². The van der Waals surface area contributed by atoms with Crippen LogP contribution in [0.3, 0.4) is 0 Å². The SMILES string of the molecule is S=C(NCCc1ccccc1)N(CCCN1CCOCC1)Cc1ccccc1. The molecule has 1 saturated heterocycles. The zero-order chi connectivity index (χ0) is 19.4. The number of benzene rings is 2. The summed E-state index contributed by atoms with van der Waals surface area (Å²) in [5.74, 6) is 0. The van der Waals surface area contributed by atoms with E-state index in [1.165, 1.54) is 11.1 Å². The molecule has 1 aliphatic heterocycles. The van der Waals surface area contributed by atoms with E-state index >= 15 is 0 Å². The van der Waals surface area contributed by atoms with Gasteiger partial charge in [0.25, 0.3) is 0 Å². The minimum absolute atomic E-state index is 0.848. The molecule has 4 nitrogen and oxygen atoms in total. The molecule has 1 heterocycles. The van der Waals surface area contributed by atoms with Crippen LogP contribution in [-0.2, 0) is 17.7 Å². The molecule has 1 aliphatic rings. The molecule has 0 bridgehead atoms. The standard InChI is InChI=1S/C23H31N3OS/c28-23(24-13-12-21-8-3-1-4-9-21)26(20-22-10-5-2-6-11-22)15-7-14-25-16-18-27-19-17-25/h1-6,8-11H,7,12-20H2,(H,24,28). The Bertz CT molecular complexity index is 690. The molecule has 2 aromatic rings. The smallest absolute Gasteiger partial charge is 0.169 e. The first-order chi connectivity index (χ1) is 13.8. The maximum atomic E-state index is 5.74. The predicted molar refractivity (Wildman–Crippen MR) is 119 cm³/mol. The molecule has 3 rings (SSSR count). The maximum Gasteiger partial charge on any atom is 0.169 e. The lowest BCUT2D eigenvalue weighted by Crippen LogP contribution is -2.42. The molecule has 0 saturated carbocycles. The van der Waals surface area contributed by atoms with Gasteiger partial charge in [-0.25, -0.2) is 0 Å². The summed E-state index contributed by atoms with van der Waals surface area (Å²) < 4.78 is 5.44. The molecule has 0 aliphatic carbocycles. The number of hydrogen-bond acceptors (Lipinski definition) is 3. The summed E-state index contributed by atoms with van der Waals surface area (Å²) in [6.07, 6.45) is 2.08. The molecule has 0 atom stereocenters. The fraction of sp³-hybridized carbons (Fsp3) is 0.435. The maximum absolute atomic E-state index is 5.74. The topological polar surface area (TPSA) is 27.7 Å². The number of nitrogens with zero attached hydrogens (tertiary/aromatic N) is 2. The molecular weight excluding hydrogens is 366 g/mol. The Kier molecular flexibility index (Phi) is 8.75. The van der Waals surface area contributed by atoms with Gasteiger partial charge in [0.05, 0.1) is 13.2 Å². The summed E-state index contributed by atoms with van der Waals surface area (Å²) in [6, 6.07) is 21.1. The van der Waals surface area contributed by atoms with E-state index in [1.807, 2.05) is 0 Å². The van der Waals surface area contributed by atoms with Gasteiger partial charge in [-0.15, -0.1) is 0 Å². The fourth-order valence-electron chi connectivity index (χ4n) is 3.44. The van der Waals surface area contributed by atoms with Crippen molar-refractivity contribution < 1.29 is 4.74 Å². The lowest BCUT2D eigenvalue weighted by atomic mass is 10.1. The Morgan fingerprint density at radius 3 is 2.29 bits per heavy atom. The Hall–Kier alpha value is -1.95. The van der Waals surface area contributed by atoms with Crippen molar-refractivity contribution in [2.75, 3.05) is 45.9 Å². The highest BCUT2D eigenvalue weighted by atomic mass is 32.1. The Labute approximate surface area is 174 Å². The summed E-state index contributed by atoms with van der Waals surface area (Å²) in [5.41, 5.74) is 2.63. The highest BCUT2D eigenvalue weighted by Crippen LogP contribution is 2.07. The summed E-state index contributed by atoms with van der Waals surface area (Å²) >= 11 is 5.74. The second-order valence-corrected chi connectivity index (χ2v) is 7.57. The van der Waals surface area contributed by atoms with Crippen molar-refractivity contribution in [1.82, 2.24) is 15.1 Å². The van der Waals surface area contributed by atoms with Crippen LogP contribution in [-0.4, -0.2) is 60.8 Å². The van der Waals surface area contributed by atoms with Crippen LogP contribution in [0.5, 0.6) is 0 Å². The molecular formula is C23H31N3OS. The number of hydrogen-bond donors (Lipinski definition) is 1.